The van der Waals surface area contributed by atoms with Crippen LogP contribution in [0.25, 0.3) is 11.0 Å². The number of Topliss-reactive ketones (excluding diaryl/α,β-unsaturated/α-hetero) is 1. The standard InChI is InChI=1S/C41H55ClN4O9S/c1-8-25-17-24(2)11-9-10-12-26-21-41(26,38(50)45-56(51,52)40(6)15-16-40)22-33(47)32-19-28(23-46(32)37(49)29(25)20-34(48)55-39(3,4)5)54-36-35(42)43-30-14-13-27(53-7)18-31(30)44-36/h10,12-14,18,24-26,28-29,32H,8-9,11,15-17,19-23H2,1-7H3,(H,45,50)/b12-10-/t24-,25-,26-,28-,29+,32+,41-/m1/s1. The third kappa shape index (κ3) is 9.01. The first kappa shape index (κ1) is 41.8. The number of rotatable bonds is 9. The highest BCUT2D eigenvalue weighted by Crippen LogP contribution is 2.58. The number of allylic oxidation sites excluding steroid dienone is 2. The molecule has 0 radical (unpaired) electrons. The largest absolute Gasteiger partial charge is 0.497 e. The van der Waals surface area contributed by atoms with Crippen molar-refractivity contribution in [3.63, 3.8) is 0 Å². The van der Waals surface area contributed by atoms with Gasteiger partial charge in [-0.05, 0) is 96.1 Å². The van der Waals surface area contributed by atoms with E-state index < -0.39 is 61.5 Å². The predicted molar refractivity (Wildman–Crippen MR) is 210 cm³/mol. The van der Waals surface area contributed by atoms with Crippen LogP contribution >= 0.6 is 11.6 Å². The number of ketones is 1. The molecule has 2 amide bonds. The van der Waals surface area contributed by atoms with E-state index >= 15 is 0 Å². The van der Waals surface area contributed by atoms with Crippen molar-refractivity contribution in [3.8, 4) is 11.6 Å². The number of methoxy groups -OCH3 is 1. The number of nitrogens with one attached hydrogen (secondary N) is 1. The van der Waals surface area contributed by atoms with Crippen LogP contribution in [0.5, 0.6) is 11.6 Å². The minimum Gasteiger partial charge on any atom is -0.497 e. The average molecular weight is 815 g/mol. The summed E-state index contributed by atoms with van der Waals surface area (Å²) in [5, 5.41) is 0.00131. The number of carbonyl (C=O) groups excluding carboxylic acids is 4. The lowest BCUT2D eigenvalue weighted by atomic mass is 9.79. The highest BCUT2D eigenvalue weighted by Gasteiger charge is 2.62. The molecule has 3 fully saturated rings. The number of aromatic nitrogens is 2. The van der Waals surface area contributed by atoms with E-state index in [4.69, 9.17) is 25.8 Å². The van der Waals surface area contributed by atoms with Gasteiger partial charge in [0, 0.05) is 18.9 Å². The quantitative estimate of drug-likeness (QED) is 0.221. The third-order valence-corrected chi connectivity index (χ3v) is 14.4. The lowest BCUT2D eigenvalue weighted by Gasteiger charge is -2.33. The number of esters is 1. The van der Waals surface area contributed by atoms with E-state index in [2.05, 4.69) is 21.6 Å². The number of amides is 2. The zero-order valence-electron chi connectivity index (χ0n) is 33.4. The van der Waals surface area contributed by atoms with Gasteiger partial charge in [0.15, 0.2) is 10.9 Å². The fourth-order valence-corrected chi connectivity index (χ4v) is 9.77. The second-order valence-corrected chi connectivity index (χ2v) is 20.1. The molecule has 7 atom stereocenters. The number of carbonyl (C=O) groups is 4. The van der Waals surface area contributed by atoms with E-state index in [1.807, 2.05) is 19.1 Å². The molecule has 1 saturated heterocycles. The highest BCUT2D eigenvalue weighted by molar-refractivity contribution is 7.91. The maximum absolute atomic E-state index is 15.0. The molecular weight excluding hydrogens is 760 g/mol. The molecule has 56 heavy (non-hydrogen) atoms. The average Bonchev–Trinajstić information content (AvgIpc) is 4.00. The lowest BCUT2D eigenvalue weighted by molar-refractivity contribution is -0.160. The second-order valence-electron chi connectivity index (χ2n) is 17.6. The lowest BCUT2D eigenvalue weighted by Crippen LogP contribution is -2.48. The van der Waals surface area contributed by atoms with Gasteiger partial charge in [-0.25, -0.2) is 18.4 Å². The molecule has 2 aliphatic carbocycles. The van der Waals surface area contributed by atoms with E-state index in [1.165, 1.54) is 12.0 Å². The third-order valence-electron chi connectivity index (χ3n) is 12.0. The summed E-state index contributed by atoms with van der Waals surface area (Å²) in [5.41, 5.74) is -1.07. The van der Waals surface area contributed by atoms with Crippen LogP contribution < -0.4 is 14.2 Å². The Bertz CT molecular complexity index is 2010. The van der Waals surface area contributed by atoms with Gasteiger partial charge in [-0.2, -0.15) is 0 Å². The maximum Gasteiger partial charge on any atom is 0.307 e. The summed E-state index contributed by atoms with van der Waals surface area (Å²) in [7, 11) is -2.43. The van der Waals surface area contributed by atoms with Crippen molar-refractivity contribution in [1.82, 2.24) is 19.6 Å². The van der Waals surface area contributed by atoms with Crippen LogP contribution in [-0.4, -0.2) is 83.0 Å². The molecule has 3 heterocycles. The van der Waals surface area contributed by atoms with Crippen molar-refractivity contribution < 1.29 is 41.8 Å². The molecule has 15 heteroatoms. The van der Waals surface area contributed by atoms with Crippen LogP contribution in [0.15, 0.2) is 30.4 Å². The topological polar surface area (TPSA) is 171 Å². The fraction of sp³-hybridized carbons (Fsp3) is 0.659. The van der Waals surface area contributed by atoms with Crippen LogP contribution in [-0.2, 0) is 33.9 Å². The summed E-state index contributed by atoms with van der Waals surface area (Å²) in [6, 6.07) is 4.12. The number of benzene rings is 1. The van der Waals surface area contributed by atoms with Gasteiger partial charge in [0.2, 0.25) is 21.8 Å². The van der Waals surface area contributed by atoms with Crippen LogP contribution in [0.3, 0.4) is 0 Å². The van der Waals surface area contributed by atoms with Gasteiger partial charge in [0.1, 0.15) is 17.5 Å². The van der Waals surface area contributed by atoms with Gasteiger partial charge < -0.3 is 19.1 Å². The van der Waals surface area contributed by atoms with Gasteiger partial charge in [-0.3, -0.25) is 23.9 Å². The molecule has 2 aromatic rings. The number of nitrogens with zero attached hydrogens (tertiary/aromatic N) is 3. The van der Waals surface area contributed by atoms with Gasteiger partial charge in [0.25, 0.3) is 5.88 Å². The Hall–Kier alpha value is -3.78. The molecule has 0 spiro atoms. The highest BCUT2D eigenvalue weighted by atomic mass is 35.5. The number of ether oxygens (including phenoxy) is 3. The van der Waals surface area contributed by atoms with Crippen molar-refractivity contribution >= 4 is 56.2 Å². The van der Waals surface area contributed by atoms with Crippen molar-refractivity contribution in [2.75, 3.05) is 13.7 Å². The normalized spacial score (nSPS) is 30.0. The first-order valence-electron chi connectivity index (χ1n) is 19.7. The SMILES string of the molecule is CC[C@@H]1C[C@H](C)CC/C=C\[C@@H]2C[C@@]2(C(=O)NS(=O)(=O)C2(C)CC2)CC(=O)[C@@H]2C[C@@H](Oc3nc4cc(OC)ccc4nc3Cl)CN2C(=O)[C@H]1CC(=O)OC(C)(C)C. The molecule has 306 valence electrons. The number of hydrogen-bond donors (Lipinski definition) is 1. The van der Waals surface area contributed by atoms with Crippen molar-refractivity contribution in [2.45, 2.75) is 128 Å². The van der Waals surface area contributed by atoms with Gasteiger partial charge in [-0.15, -0.1) is 0 Å². The Morgan fingerprint density at radius 1 is 1.11 bits per heavy atom. The zero-order valence-corrected chi connectivity index (χ0v) is 35.0. The van der Waals surface area contributed by atoms with Gasteiger partial charge in [0.05, 0.1) is 53.2 Å². The smallest absolute Gasteiger partial charge is 0.307 e. The molecule has 1 aromatic heterocycles. The number of sulfonamides is 1. The first-order chi connectivity index (χ1) is 26.3. The number of halogens is 1. The molecule has 13 nitrogen and oxygen atoms in total. The Morgan fingerprint density at radius 2 is 1.84 bits per heavy atom. The van der Waals surface area contributed by atoms with E-state index in [1.54, 1.807) is 45.9 Å². The van der Waals surface area contributed by atoms with Crippen molar-refractivity contribution in [1.29, 1.82) is 0 Å². The maximum atomic E-state index is 15.0. The van der Waals surface area contributed by atoms with Crippen molar-refractivity contribution in [3.05, 3.63) is 35.5 Å². The van der Waals surface area contributed by atoms with Crippen LogP contribution in [0, 0.1) is 29.1 Å². The minimum atomic E-state index is -3.97. The van der Waals surface area contributed by atoms with Gasteiger partial charge in [-0.1, -0.05) is 44.0 Å². The van der Waals surface area contributed by atoms with Crippen LogP contribution in [0.4, 0.5) is 0 Å². The van der Waals surface area contributed by atoms with E-state index in [9.17, 15) is 27.6 Å². The zero-order chi connectivity index (χ0) is 40.8. The summed E-state index contributed by atoms with van der Waals surface area (Å²) >= 11 is 6.56. The van der Waals surface area contributed by atoms with Crippen LogP contribution in [0.2, 0.25) is 5.15 Å². The molecule has 6 rings (SSSR count). The van der Waals surface area contributed by atoms with E-state index in [-0.39, 0.29) is 60.5 Å². The molecule has 0 bridgehead atoms. The van der Waals surface area contributed by atoms with E-state index in [0.29, 0.717) is 55.3 Å². The molecule has 2 saturated carbocycles. The van der Waals surface area contributed by atoms with E-state index in [0.717, 1.165) is 6.42 Å². The Kier molecular flexibility index (Phi) is 11.9. The Labute approximate surface area is 334 Å². The van der Waals surface area contributed by atoms with Gasteiger partial charge >= 0.3 is 5.97 Å². The summed E-state index contributed by atoms with van der Waals surface area (Å²) in [6.07, 6.45) is 6.82. The monoisotopic (exact) mass is 814 g/mol. The molecular formula is C41H55ClN4O9S. The molecule has 1 aromatic carbocycles. The minimum absolute atomic E-state index is 0.00131. The van der Waals surface area contributed by atoms with Crippen LogP contribution in [0.1, 0.15) is 106 Å². The first-order valence-corrected chi connectivity index (χ1v) is 21.6. The predicted octanol–water partition coefficient (Wildman–Crippen LogP) is 6.35. The summed E-state index contributed by atoms with van der Waals surface area (Å²) in [5.74, 6) is -2.52. The molecule has 4 aliphatic rings. The Balaban J connectivity index is 1.36. The second kappa shape index (κ2) is 15.9. The summed E-state index contributed by atoms with van der Waals surface area (Å²) < 4.78 is 45.2. The molecule has 0 unspecified atom stereocenters. The molecule has 1 N–H and O–H groups in total. The van der Waals surface area contributed by atoms with Crippen molar-refractivity contribution in [2.24, 2.45) is 29.1 Å². The number of fused-ring (bicyclic) bond motifs is 3. The Morgan fingerprint density at radius 3 is 2.50 bits per heavy atom. The molecule has 2 aliphatic heterocycles. The summed E-state index contributed by atoms with van der Waals surface area (Å²) in [6.45, 7) is 11.0. The summed E-state index contributed by atoms with van der Waals surface area (Å²) in [4.78, 5) is 67.6. The number of hydrogen-bond acceptors (Lipinski definition) is 11. The fourth-order valence-electron chi connectivity index (χ4n) is 8.26.